The van der Waals surface area contributed by atoms with Gasteiger partial charge in [-0.15, -0.1) is 0 Å². The maximum absolute atomic E-state index is 5.72. The first-order valence-electron chi connectivity index (χ1n) is 9.30. The van der Waals surface area contributed by atoms with Crippen LogP contribution in [0.5, 0.6) is 0 Å². The van der Waals surface area contributed by atoms with Gasteiger partial charge >= 0.3 is 25.7 Å². The summed E-state index contributed by atoms with van der Waals surface area (Å²) in [6.45, 7) is 8.93. The van der Waals surface area contributed by atoms with Gasteiger partial charge in [0.15, 0.2) is 0 Å². The lowest BCUT2D eigenvalue weighted by Crippen LogP contribution is -2.44. The minimum absolute atomic E-state index is 1.03. The Labute approximate surface area is 165 Å². The molecule has 0 rings (SSSR count). The van der Waals surface area contributed by atoms with Crippen molar-refractivity contribution in [3.05, 3.63) is 0 Å². The first kappa shape index (κ1) is 26.6. The lowest BCUT2D eigenvalue weighted by atomic mass is 10.9. The van der Waals surface area contributed by atoms with Crippen LogP contribution in [0.1, 0.15) is 0 Å². The highest BCUT2D eigenvalue weighted by Crippen LogP contribution is 2.34. The van der Waals surface area contributed by atoms with E-state index in [2.05, 4.69) is 26.2 Å². The van der Waals surface area contributed by atoms with E-state index >= 15 is 0 Å². The third kappa shape index (κ3) is 8.76. The van der Waals surface area contributed by atoms with Gasteiger partial charge in [0.1, 0.15) is 0 Å². The third-order valence-electron chi connectivity index (χ3n) is 6.14. The second kappa shape index (κ2) is 11.6. The lowest BCUT2D eigenvalue weighted by molar-refractivity contribution is 0.250. The molecule has 0 heterocycles. The van der Waals surface area contributed by atoms with Crippen molar-refractivity contribution in [2.24, 2.45) is 0 Å². The fourth-order valence-corrected chi connectivity index (χ4v) is 18.0. The first-order valence-corrected chi connectivity index (χ1v) is 20.0. The highest BCUT2D eigenvalue weighted by molar-refractivity contribution is 6.83. The van der Waals surface area contributed by atoms with Crippen molar-refractivity contribution in [2.75, 3.05) is 42.7 Å². The molecule has 0 radical (unpaired) electrons. The Bertz CT molecular complexity index is 332. The standard InChI is InChI=1S/C16H42O6Si4/c1-17-24(8,18-2)14-11-23(7,12-15-25(9,19-3)20-4)13-16-26(10,21-5)22-6/h11-16H2,1-10H3. The number of hydrogen-bond donors (Lipinski definition) is 0. The predicted molar refractivity (Wildman–Crippen MR) is 117 cm³/mol. The molecule has 0 aromatic carbocycles. The summed E-state index contributed by atoms with van der Waals surface area (Å²) in [5, 5.41) is 0. The Hall–Kier alpha value is 0.628. The highest BCUT2D eigenvalue weighted by Gasteiger charge is 2.40. The molecular formula is C16H42O6Si4. The topological polar surface area (TPSA) is 55.4 Å². The van der Waals surface area contributed by atoms with Crippen LogP contribution in [-0.2, 0) is 26.6 Å². The van der Waals surface area contributed by atoms with Gasteiger partial charge in [0.25, 0.3) is 0 Å². The molecule has 26 heavy (non-hydrogen) atoms. The Balaban J connectivity index is 5.17. The van der Waals surface area contributed by atoms with Crippen LogP contribution in [0.4, 0.5) is 0 Å². The zero-order valence-corrected chi connectivity index (χ0v) is 22.7. The molecule has 0 aliphatic heterocycles. The summed E-state index contributed by atoms with van der Waals surface area (Å²) in [5.41, 5.74) is 0. The Morgan fingerprint density at radius 3 is 0.731 bits per heavy atom. The van der Waals surface area contributed by atoms with Gasteiger partial charge in [0.2, 0.25) is 0 Å². The SMILES string of the molecule is CO[Si](C)(CC[Si](C)(CC[Si](C)(OC)OC)CC[Si](C)(OC)OC)OC. The molecule has 6 nitrogen and oxygen atoms in total. The van der Waals surface area contributed by atoms with Gasteiger partial charge in [-0.3, -0.25) is 0 Å². The zero-order valence-electron chi connectivity index (χ0n) is 18.7. The second-order valence-corrected chi connectivity index (χ2v) is 23.8. The van der Waals surface area contributed by atoms with Gasteiger partial charge in [-0.05, 0) is 37.8 Å². The summed E-state index contributed by atoms with van der Waals surface area (Å²) in [7, 11) is 2.91. The molecule has 0 unspecified atom stereocenters. The zero-order chi connectivity index (χ0) is 20.5. The summed E-state index contributed by atoms with van der Waals surface area (Å²) < 4.78 is 34.3. The summed E-state index contributed by atoms with van der Waals surface area (Å²) in [5.74, 6) is 0. The van der Waals surface area contributed by atoms with Crippen LogP contribution in [0.25, 0.3) is 0 Å². The van der Waals surface area contributed by atoms with E-state index in [1.807, 2.05) is 0 Å². The largest absolute Gasteiger partial charge is 0.398 e. The van der Waals surface area contributed by atoms with E-state index < -0.39 is 33.8 Å². The molecule has 0 aliphatic rings. The molecule has 0 saturated heterocycles. The van der Waals surface area contributed by atoms with E-state index in [0.29, 0.717) is 0 Å². The van der Waals surface area contributed by atoms with E-state index in [9.17, 15) is 0 Å². The van der Waals surface area contributed by atoms with E-state index in [-0.39, 0.29) is 0 Å². The molecule has 0 amide bonds. The van der Waals surface area contributed by atoms with Crippen LogP contribution in [0, 0.1) is 0 Å². The van der Waals surface area contributed by atoms with Crippen molar-refractivity contribution in [2.45, 2.75) is 62.5 Å². The summed E-state index contributed by atoms with van der Waals surface area (Å²) in [6, 6.07) is 6.64. The van der Waals surface area contributed by atoms with Gasteiger partial charge in [-0.1, -0.05) is 24.7 Å². The van der Waals surface area contributed by atoms with Crippen LogP contribution in [0.3, 0.4) is 0 Å². The molecule has 0 atom stereocenters. The molecular weight excluding hydrogens is 401 g/mol. The quantitative estimate of drug-likeness (QED) is 0.355. The normalized spacial score (nSPS) is 14.1. The van der Waals surface area contributed by atoms with Crippen molar-refractivity contribution in [1.82, 2.24) is 0 Å². The van der Waals surface area contributed by atoms with Gasteiger partial charge in [-0.25, -0.2) is 0 Å². The summed E-state index contributed by atoms with van der Waals surface area (Å²) in [6.07, 6.45) is 0. The second-order valence-electron chi connectivity index (χ2n) is 7.94. The number of rotatable bonds is 15. The molecule has 0 bridgehead atoms. The van der Waals surface area contributed by atoms with Crippen molar-refractivity contribution in [3.8, 4) is 0 Å². The smallest absolute Gasteiger partial charge is 0.334 e. The molecule has 0 saturated carbocycles. The van der Waals surface area contributed by atoms with Crippen molar-refractivity contribution >= 4 is 33.8 Å². The van der Waals surface area contributed by atoms with Gasteiger partial charge in [0.05, 0.1) is 8.07 Å². The van der Waals surface area contributed by atoms with Crippen LogP contribution < -0.4 is 0 Å². The molecule has 0 spiro atoms. The van der Waals surface area contributed by atoms with E-state index in [0.717, 1.165) is 18.1 Å². The molecule has 0 N–H and O–H groups in total. The third-order valence-corrected chi connectivity index (χ3v) is 20.7. The molecule has 10 heteroatoms. The van der Waals surface area contributed by atoms with E-state index in [1.165, 1.54) is 18.1 Å². The van der Waals surface area contributed by atoms with Crippen LogP contribution in [0.2, 0.25) is 62.5 Å². The molecule has 0 fully saturated rings. The Morgan fingerprint density at radius 1 is 0.385 bits per heavy atom. The average molecular weight is 443 g/mol. The first-order chi connectivity index (χ1) is 12.0. The molecule has 158 valence electrons. The molecule has 0 aliphatic carbocycles. The predicted octanol–water partition coefficient (Wildman–Crippen LogP) is 4.16. The minimum atomic E-state index is -2.06. The van der Waals surface area contributed by atoms with E-state index in [4.69, 9.17) is 26.6 Å². The molecule has 0 aromatic heterocycles. The van der Waals surface area contributed by atoms with Gasteiger partial charge < -0.3 is 26.6 Å². The average Bonchev–Trinajstić information content (AvgIpc) is 2.68. The van der Waals surface area contributed by atoms with Crippen molar-refractivity contribution in [3.63, 3.8) is 0 Å². The lowest BCUT2D eigenvalue weighted by Gasteiger charge is -2.35. The van der Waals surface area contributed by atoms with Gasteiger partial charge in [0, 0.05) is 42.7 Å². The van der Waals surface area contributed by atoms with Crippen molar-refractivity contribution < 1.29 is 26.6 Å². The van der Waals surface area contributed by atoms with Gasteiger partial charge in [-0.2, -0.15) is 0 Å². The van der Waals surface area contributed by atoms with Crippen LogP contribution >= 0.6 is 0 Å². The fourth-order valence-electron chi connectivity index (χ4n) is 2.82. The summed E-state index contributed by atoms with van der Waals surface area (Å²) in [4.78, 5) is 0. The van der Waals surface area contributed by atoms with E-state index in [1.54, 1.807) is 42.7 Å². The monoisotopic (exact) mass is 442 g/mol. The fraction of sp³-hybridized carbons (Fsp3) is 1.00. The Kier molecular flexibility index (Phi) is 11.9. The van der Waals surface area contributed by atoms with Crippen LogP contribution in [-0.4, -0.2) is 76.4 Å². The van der Waals surface area contributed by atoms with Crippen LogP contribution in [0.15, 0.2) is 0 Å². The maximum atomic E-state index is 5.72. The summed E-state index contributed by atoms with van der Waals surface area (Å²) >= 11 is 0. The highest BCUT2D eigenvalue weighted by atomic mass is 28.4. The molecule has 0 aromatic rings. The Morgan fingerprint density at radius 2 is 0.577 bits per heavy atom. The minimum Gasteiger partial charge on any atom is -0.398 e. The maximum Gasteiger partial charge on any atom is 0.334 e. The number of hydrogen-bond acceptors (Lipinski definition) is 6. The van der Waals surface area contributed by atoms with Crippen molar-refractivity contribution in [1.29, 1.82) is 0 Å².